The number of alkyl halides is 6. The maximum absolute atomic E-state index is 12.8. The summed E-state index contributed by atoms with van der Waals surface area (Å²) in [4.78, 5) is 0. The van der Waals surface area contributed by atoms with Gasteiger partial charge in [-0.05, 0) is 24.3 Å². The Morgan fingerprint density at radius 2 is 1.65 bits per heavy atom. The van der Waals surface area contributed by atoms with Gasteiger partial charge in [0.05, 0.1) is 7.11 Å². The van der Waals surface area contributed by atoms with E-state index in [1.165, 1.54) is 19.2 Å². The van der Waals surface area contributed by atoms with Gasteiger partial charge in [0.15, 0.2) is 0 Å². The lowest BCUT2D eigenvalue weighted by molar-refractivity contribution is -0.337. The molecule has 0 amide bonds. The molecule has 0 spiro atoms. The number of ether oxygens (including phenoxy) is 2. The number of hydrogen-bond acceptors (Lipinski definition) is 2. The van der Waals surface area contributed by atoms with Crippen LogP contribution in [-0.4, -0.2) is 25.1 Å². The van der Waals surface area contributed by atoms with E-state index in [-0.39, 0.29) is 11.6 Å². The van der Waals surface area contributed by atoms with Crippen molar-refractivity contribution < 1.29 is 35.8 Å². The van der Waals surface area contributed by atoms with E-state index >= 15 is 0 Å². The van der Waals surface area contributed by atoms with Gasteiger partial charge in [-0.3, -0.25) is 0 Å². The lowest BCUT2D eigenvalue weighted by Crippen LogP contribution is -2.60. The predicted molar refractivity (Wildman–Crippen MR) is 57.5 cm³/mol. The molecule has 0 bridgehead atoms. The highest BCUT2D eigenvalue weighted by Gasteiger charge is 2.73. The zero-order chi connectivity index (χ0) is 15.2. The van der Waals surface area contributed by atoms with Gasteiger partial charge >= 0.3 is 18.0 Å². The zero-order valence-corrected chi connectivity index (χ0v) is 9.97. The quantitative estimate of drug-likeness (QED) is 0.731. The van der Waals surface area contributed by atoms with Crippen molar-refractivity contribution in [2.45, 2.75) is 18.0 Å². The molecule has 0 unspecified atom stereocenters. The SMILES string of the molecule is COc1ccc2c(c1)C=CC(C(F)(F)F)(C(F)(F)F)O2. The highest BCUT2D eigenvalue weighted by atomic mass is 19.4. The number of hydrogen-bond donors (Lipinski definition) is 0. The van der Waals surface area contributed by atoms with E-state index in [1.807, 2.05) is 0 Å². The van der Waals surface area contributed by atoms with Gasteiger partial charge in [0.2, 0.25) is 0 Å². The Hall–Kier alpha value is -1.86. The first kappa shape index (κ1) is 14.5. The minimum atomic E-state index is -5.63. The molecule has 0 N–H and O–H groups in total. The van der Waals surface area contributed by atoms with Gasteiger partial charge in [-0.2, -0.15) is 26.3 Å². The van der Waals surface area contributed by atoms with E-state index in [9.17, 15) is 26.3 Å². The molecule has 0 aliphatic carbocycles. The second kappa shape index (κ2) is 4.32. The zero-order valence-electron chi connectivity index (χ0n) is 9.97. The monoisotopic (exact) mass is 298 g/mol. The van der Waals surface area contributed by atoms with E-state index in [0.717, 1.165) is 12.1 Å². The van der Waals surface area contributed by atoms with Crippen LogP contribution in [-0.2, 0) is 0 Å². The summed E-state index contributed by atoms with van der Waals surface area (Å²) in [6.45, 7) is 0. The van der Waals surface area contributed by atoms with Crippen LogP contribution < -0.4 is 9.47 Å². The van der Waals surface area contributed by atoms with Gasteiger partial charge in [0.25, 0.3) is 0 Å². The van der Waals surface area contributed by atoms with Crippen molar-refractivity contribution in [3.8, 4) is 11.5 Å². The summed E-state index contributed by atoms with van der Waals surface area (Å²) < 4.78 is 86.0. The molecule has 1 aliphatic rings. The Morgan fingerprint density at radius 1 is 1.05 bits per heavy atom. The van der Waals surface area contributed by atoms with E-state index in [1.54, 1.807) is 0 Å². The second-order valence-corrected chi connectivity index (χ2v) is 4.07. The van der Waals surface area contributed by atoms with Crippen molar-refractivity contribution in [1.29, 1.82) is 0 Å². The predicted octanol–water partition coefficient (Wildman–Crippen LogP) is 3.96. The summed E-state index contributed by atoms with van der Waals surface area (Å²) in [7, 11) is 1.32. The van der Waals surface area contributed by atoms with E-state index in [2.05, 4.69) is 4.74 Å². The molecule has 110 valence electrons. The van der Waals surface area contributed by atoms with Gasteiger partial charge in [0, 0.05) is 5.56 Å². The van der Waals surface area contributed by atoms with Gasteiger partial charge < -0.3 is 9.47 Å². The Kier molecular flexibility index (Phi) is 3.14. The molecule has 2 rings (SSSR count). The number of methoxy groups -OCH3 is 1. The lowest BCUT2D eigenvalue weighted by Gasteiger charge is -2.37. The molecule has 1 aromatic rings. The third kappa shape index (κ3) is 2.08. The highest BCUT2D eigenvalue weighted by molar-refractivity contribution is 5.63. The van der Waals surface area contributed by atoms with Gasteiger partial charge in [-0.25, -0.2) is 0 Å². The third-order valence-corrected chi connectivity index (χ3v) is 2.83. The van der Waals surface area contributed by atoms with Crippen molar-refractivity contribution in [3.05, 3.63) is 29.8 Å². The summed E-state index contributed by atoms with van der Waals surface area (Å²) in [6.07, 6.45) is -10.6. The largest absolute Gasteiger partial charge is 0.497 e. The molecule has 0 saturated carbocycles. The van der Waals surface area contributed by atoms with Crippen LogP contribution in [0, 0.1) is 0 Å². The highest BCUT2D eigenvalue weighted by Crippen LogP contribution is 2.50. The minimum Gasteiger partial charge on any atom is -0.497 e. The number of benzene rings is 1. The van der Waals surface area contributed by atoms with Crippen LogP contribution in [0.15, 0.2) is 24.3 Å². The average Bonchev–Trinajstić information content (AvgIpc) is 2.34. The first-order valence-corrected chi connectivity index (χ1v) is 5.30. The first-order chi connectivity index (χ1) is 9.11. The van der Waals surface area contributed by atoms with Crippen molar-refractivity contribution in [3.63, 3.8) is 0 Å². The Morgan fingerprint density at radius 3 is 2.15 bits per heavy atom. The van der Waals surface area contributed by atoms with Crippen LogP contribution in [0.4, 0.5) is 26.3 Å². The topological polar surface area (TPSA) is 18.5 Å². The molecule has 0 saturated heterocycles. The van der Waals surface area contributed by atoms with Gasteiger partial charge in [-0.15, -0.1) is 0 Å². The maximum Gasteiger partial charge on any atom is 0.441 e. The lowest BCUT2D eigenvalue weighted by atomic mass is 9.96. The number of halogens is 6. The summed E-state index contributed by atoms with van der Waals surface area (Å²) in [5.74, 6) is -0.216. The fourth-order valence-corrected chi connectivity index (χ4v) is 1.76. The molecule has 0 atom stereocenters. The molecule has 0 aromatic heterocycles. The van der Waals surface area contributed by atoms with Crippen LogP contribution in [0.1, 0.15) is 5.56 Å². The molecule has 0 radical (unpaired) electrons. The van der Waals surface area contributed by atoms with Crippen LogP contribution in [0.2, 0.25) is 0 Å². The molecular weight excluding hydrogens is 290 g/mol. The number of fused-ring (bicyclic) bond motifs is 1. The van der Waals surface area contributed by atoms with Gasteiger partial charge in [-0.1, -0.05) is 6.08 Å². The first-order valence-electron chi connectivity index (χ1n) is 5.30. The fourth-order valence-electron chi connectivity index (χ4n) is 1.76. The Labute approximate surface area is 109 Å². The Balaban J connectivity index is 2.53. The van der Waals surface area contributed by atoms with Gasteiger partial charge in [0.1, 0.15) is 11.5 Å². The van der Waals surface area contributed by atoms with Crippen molar-refractivity contribution >= 4 is 6.08 Å². The van der Waals surface area contributed by atoms with Crippen molar-refractivity contribution in [1.82, 2.24) is 0 Å². The summed E-state index contributed by atoms with van der Waals surface area (Å²) in [5.41, 5.74) is -4.25. The molecule has 2 nitrogen and oxygen atoms in total. The minimum absolute atomic E-state index is 0.0330. The standard InChI is InChI=1S/C12H8F6O2/c1-19-8-2-3-9-7(6-8)4-5-10(20-9,11(13,14)15)12(16,17)18/h2-6H,1H3. The second-order valence-electron chi connectivity index (χ2n) is 4.07. The molecule has 1 aliphatic heterocycles. The van der Waals surface area contributed by atoms with Crippen molar-refractivity contribution in [2.24, 2.45) is 0 Å². The van der Waals surface area contributed by atoms with Crippen LogP contribution in [0.3, 0.4) is 0 Å². The van der Waals surface area contributed by atoms with Crippen LogP contribution in [0.5, 0.6) is 11.5 Å². The van der Waals surface area contributed by atoms with E-state index in [4.69, 9.17) is 4.74 Å². The Bertz CT molecular complexity index is 530. The third-order valence-electron chi connectivity index (χ3n) is 2.83. The summed E-state index contributed by atoms with van der Waals surface area (Å²) in [5, 5.41) is 0. The molecule has 8 heteroatoms. The smallest absolute Gasteiger partial charge is 0.441 e. The van der Waals surface area contributed by atoms with E-state index in [0.29, 0.717) is 5.75 Å². The number of rotatable bonds is 1. The van der Waals surface area contributed by atoms with E-state index < -0.39 is 23.7 Å². The average molecular weight is 298 g/mol. The van der Waals surface area contributed by atoms with Crippen LogP contribution in [0.25, 0.3) is 6.08 Å². The molecule has 1 heterocycles. The molecule has 1 aromatic carbocycles. The summed E-state index contributed by atoms with van der Waals surface area (Å²) >= 11 is 0. The van der Waals surface area contributed by atoms with Crippen LogP contribution >= 0.6 is 0 Å². The normalized spacial score (nSPS) is 17.4. The van der Waals surface area contributed by atoms with Crippen molar-refractivity contribution in [2.75, 3.05) is 7.11 Å². The molecular formula is C12H8F6O2. The molecule has 20 heavy (non-hydrogen) atoms. The summed E-state index contributed by atoms with van der Waals surface area (Å²) in [6, 6.07) is 3.50. The molecule has 0 fully saturated rings. The maximum atomic E-state index is 12.8. The fraction of sp³-hybridized carbons (Fsp3) is 0.333.